The van der Waals surface area contributed by atoms with E-state index in [1.165, 1.54) is 72.4 Å². The lowest BCUT2D eigenvalue weighted by molar-refractivity contribution is 0.669. The molecule has 1 atom stereocenters. The van der Waals surface area contributed by atoms with Gasteiger partial charge in [0.1, 0.15) is 11.2 Å². The summed E-state index contributed by atoms with van der Waals surface area (Å²) in [4.78, 5) is 10.4. The zero-order valence-electron chi connectivity index (χ0n) is 42.4. The molecule has 0 saturated heterocycles. The third-order valence-electron chi connectivity index (χ3n) is 16.2. The number of aliphatic imine (C=N–C) groups is 2. The first kappa shape index (κ1) is 44.8. The van der Waals surface area contributed by atoms with Crippen LogP contribution in [0.3, 0.4) is 0 Å². The van der Waals surface area contributed by atoms with E-state index in [9.17, 15) is 0 Å². The predicted octanol–water partition coefficient (Wildman–Crippen LogP) is 18.4. The van der Waals surface area contributed by atoms with E-state index in [1.807, 2.05) is 24.3 Å². The van der Waals surface area contributed by atoms with Crippen molar-refractivity contribution >= 4 is 61.7 Å². The Morgan fingerprint density at radius 1 is 0.455 bits per heavy atom. The molecule has 12 aromatic rings. The summed E-state index contributed by atoms with van der Waals surface area (Å²) < 4.78 is 9.13. The molecule has 3 aliphatic rings. The number of allylic oxidation sites excluding steroid dienone is 2. The molecule has 0 radical (unpaired) electrons. The number of hydrogen-bond acceptors (Lipinski definition) is 3. The van der Waals surface area contributed by atoms with Gasteiger partial charge in [0.05, 0.1) is 16.9 Å². The highest BCUT2D eigenvalue weighted by Crippen LogP contribution is 2.47. The van der Waals surface area contributed by atoms with Crippen LogP contribution in [0.5, 0.6) is 0 Å². The Bertz CT molecular complexity index is 4420. The number of aromatic nitrogens is 1. The first-order chi connectivity index (χ1) is 38.1. The lowest BCUT2D eigenvalue weighted by Crippen LogP contribution is -2.13. The van der Waals surface area contributed by atoms with Crippen LogP contribution >= 0.6 is 0 Å². The Hall–Kier alpha value is -9.64. The summed E-state index contributed by atoms with van der Waals surface area (Å²) >= 11 is 0. The van der Waals surface area contributed by atoms with Crippen molar-refractivity contribution in [2.24, 2.45) is 9.98 Å². The molecule has 4 nitrogen and oxygen atoms in total. The van der Waals surface area contributed by atoms with Gasteiger partial charge in [0, 0.05) is 56.6 Å². The van der Waals surface area contributed by atoms with Gasteiger partial charge >= 0.3 is 0 Å². The Labute approximate surface area is 448 Å². The Morgan fingerprint density at radius 3 is 2.00 bits per heavy atom. The molecule has 0 spiro atoms. The van der Waals surface area contributed by atoms with Crippen molar-refractivity contribution < 1.29 is 4.42 Å². The van der Waals surface area contributed by atoms with Crippen molar-refractivity contribution in [3.8, 4) is 39.1 Å². The topological polar surface area (TPSA) is 42.8 Å². The maximum atomic E-state index is 6.65. The number of furan rings is 1. The van der Waals surface area contributed by atoms with Crippen LogP contribution in [0.4, 0.5) is 0 Å². The zero-order valence-corrected chi connectivity index (χ0v) is 42.4. The molecule has 0 fully saturated rings. The van der Waals surface area contributed by atoms with Crippen molar-refractivity contribution in [3.63, 3.8) is 0 Å². The van der Waals surface area contributed by atoms with E-state index in [-0.39, 0.29) is 5.92 Å². The summed E-state index contributed by atoms with van der Waals surface area (Å²) in [5.41, 5.74) is 26.0. The number of fused-ring (bicyclic) bond motifs is 9. The van der Waals surface area contributed by atoms with Crippen LogP contribution in [0.15, 0.2) is 263 Å². The molecule has 2 aliphatic carbocycles. The Kier molecular flexibility index (Phi) is 10.8. The number of nitrogens with zero attached hydrogens (tertiary/aromatic N) is 3. The van der Waals surface area contributed by atoms with Gasteiger partial charge in [-0.3, -0.25) is 0 Å². The molecule has 15 rings (SSSR count). The van der Waals surface area contributed by atoms with Crippen molar-refractivity contribution in [2.45, 2.75) is 31.6 Å². The van der Waals surface area contributed by atoms with Crippen molar-refractivity contribution in [3.05, 3.63) is 299 Å². The molecule has 1 unspecified atom stereocenters. The van der Waals surface area contributed by atoms with Gasteiger partial charge in [-0.1, -0.05) is 200 Å². The lowest BCUT2D eigenvalue weighted by atomic mass is 9.74. The molecule has 2 aromatic heterocycles. The second-order valence-corrected chi connectivity index (χ2v) is 20.7. The van der Waals surface area contributed by atoms with Gasteiger partial charge < -0.3 is 8.98 Å². The fourth-order valence-electron chi connectivity index (χ4n) is 12.5. The normalized spacial score (nSPS) is 15.0. The molecule has 3 heterocycles. The Balaban J connectivity index is 0.803. The first-order valence-electron chi connectivity index (χ1n) is 26.9. The van der Waals surface area contributed by atoms with Gasteiger partial charge in [0.2, 0.25) is 0 Å². The molecule has 0 bridgehead atoms. The van der Waals surface area contributed by atoms with Crippen LogP contribution in [-0.2, 0) is 12.8 Å². The number of benzene rings is 10. The molecular formula is C73H51N3O. The lowest BCUT2D eigenvalue weighted by Gasteiger charge is -2.30. The second-order valence-electron chi connectivity index (χ2n) is 20.7. The SMILES string of the molecule is C1=C(c2ccc3c(c2)CC(c2ccccc2)c2ccc(-c4ccc5oc6cccc(-c7cccc(C8=CCC(c9ccccc9)=NC(c9ccccc9)=N8)c7)c6c5c4)cc2-3)CCc2c1c1ccccc1n2-c1ccccc1. The predicted molar refractivity (Wildman–Crippen MR) is 320 cm³/mol. The standard InChI is InChI=1S/C73H51N3O/c1-5-17-47(18-6-1)62-46-56-41-50(52-33-39-69-64(44-52)61-27-13-14-29-68(61)76(69)57-25-11-4-12-26-57)31-35-58(56)63-43-51(32-36-60(62)63)53-34-40-70-65(45-53)72-59(28-16-30-71(72)77-70)54-23-15-24-55(42-54)67-38-37-66(48-19-7-2-8-20-48)74-73(75-67)49-21-9-3-10-22-49/h1-32,34-36,38,40-45,62H,33,37,39,46H2. The van der Waals surface area contributed by atoms with Gasteiger partial charge in [-0.15, -0.1) is 0 Å². The fraction of sp³-hybridized carbons (Fsp3) is 0.0685. The quantitative estimate of drug-likeness (QED) is 0.150. The summed E-state index contributed by atoms with van der Waals surface area (Å²) in [6.07, 6.45) is 8.28. The van der Waals surface area contributed by atoms with Crippen LogP contribution in [0, 0.1) is 0 Å². The van der Waals surface area contributed by atoms with Gasteiger partial charge in [0.25, 0.3) is 0 Å². The largest absolute Gasteiger partial charge is 0.456 e. The molecule has 1 aliphatic heterocycles. The van der Waals surface area contributed by atoms with E-state index >= 15 is 0 Å². The number of para-hydroxylation sites is 2. The summed E-state index contributed by atoms with van der Waals surface area (Å²) in [7, 11) is 0. The molecule has 0 saturated carbocycles. The van der Waals surface area contributed by atoms with Gasteiger partial charge in [-0.25, -0.2) is 9.98 Å². The summed E-state index contributed by atoms with van der Waals surface area (Å²) in [6.45, 7) is 0. The highest BCUT2D eigenvalue weighted by molar-refractivity contribution is 6.16. The van der Waals surface area contributed by atoms with E-state index in [4.69, 9.17) is 14.4 Å². The molecule has 364 valence electrons. The molecule has 0 amide bonds. The van der Waals surface area contributed by atoms with Crippen LogP contribution < -0.4 is 0 Å². The summed E-state index contributed by atoms with van der Waals surface area (Å²) in [5.74, 6) is 0.945. The van der Waals surface area contributed by atoms with E-state index in [2.05, 4.69) is 235 Å². The van der Waals surface area contributed by atoms with Crippen LogP contribution in [-0.4, -0.2) is 16.1 Å². The summed E-state index contributed by atoms with van der Waals surface area (Å²) in [5, 5.41) is 3.51. The second kappa shape index (κ2) is 18.6. The van der Waals surface area contributed by atoms with E-state index in [0.29, 0.717) is 12.3 Å². The van der Waals surface area contributed by atoms with Crippen molar-refractivity contribution in [2.75, 3.05) is 0 Å². The van der Waals surface area contributed by atoms with Gasteiger partial charge in [0.15, 0.2) is 5.84 Å². The Morgan fingerprint density at radius 2 is 1.16 bits per heavy atom. The highest BCUT2D eigenvalue weighted by Gasteiger charge is 2.29. The molecule has 4 heteroatoms. The number of rotatable bonds is 8. The number of amidine groups is 1. The van der Waals surface area contributed by atoms with Crippen LogP contribution in [0.25, 0.3) is 89.3 Å². The minimum absolute atomic E-state index is 0.236. The molecule has 10 aromatic carbocycles. The van der Waals surface area contributed by atoms with E-state index in [1.54, 1.807) is 0 Å². The smallest absolute Gasteiger partial charge is 0.160 e. The number of hydrogen-bond donors (Lipinski definition) is 0. The monoisotopic (exact) mass is 985 g/mol. The first-order valence-corrected chi connectivity index (χ1v) is 26.9. The average molecular weight is 986 g/mol. The maximum Gasteiger partial charge on any atom is 0.160 e. The third-order valence-corrected chi connectivity index (χ3v) is 16.2. The zero-order chi connectivity index (χ0) is 50.8. The fourth-order valence-corrected chi connectivity index (χ4v) is 12.5. The molecule has 77 heavy (non-hydrogen) atoms. The van der Waals surface area contributed by atoms with E-state index < -0.39 is 0 Å². The minimum atomic E-state index is 0.236. The van der Waals surface area contributed by atoms with Crippen LogP contribution in [0.1, 0.15) is 69.0 Å². The highest BCUT2D eigenvalue weighted by atomic mass is 16.3. The van der Waals surface area contributed by atoms with Crippen LogP contribution in [0.2, 0.25) is 0 Å². The summed E-state index contributed by atoms with van der Waals surface area (Å²) in [6, 6.07) is 87.9. The van der Waals surface area contributed by atoms with Crippen molar-refractivity contribution in [1.82, 2.24) is 4.57 Å². The van der Waals surface area contributed by atoms with Gasteiger partial charge in [-0.2, -0.15) is 0 Å². The molecular weight excluding hydrogens is 935 g/mol. The molecule has 0 N–H and O–H groups in total. The minimum Gasteiger partial charge on any atom is -0.456 e. The maximum absolute atomic E-state index is 6.65. The third kappa shape index (κ3) is 7.91. The van der Waals surface area contributed by atoms with E-state index in [0.717, 1.165) is 86.0 Å². The van der Waals surface area contributed by atoms with Gasteiger partial charge in [-0.05, 0) is 141 Å². The van der Waals surface area contributed by atoms with Crippen molar-refractivity contribution in [1.29, 1.82) is 0 Å². The average Bonchev–Trinajstić information content (AvgIpc) is 4.03.